The Bertz CT molecular complexity index is 367. The largest absolute Gasteiger partial charge is 0.298 e. The number of ketones is 1. The summed E-state index contributed by atoms with van der Waals surface area (Å²) in [6, 6.07) is 8.81. The van der Waals surface area contributed by atoms with Gasteiger partial charge in [0.2, 0.25) is 0 Å². The Morgan fingerprint density at radius 3 is 2.62 bits per heavy atom. The predicted molar refractivity (Wildman–Crippen MR) is 50.5 cm³/mol. The molecule has 0 amide bonds. The topological polar surface area (TPSA) is 40.9 Å². The summed E-state index contributed by atoms with van der Waals surface area (Å²) < 4.78 is 0. The molecule has 0 aliphatic rings. The van der Waals surface area contributed by atoms with E-state index in [2.05, 4.69) is 0 Å². The van der Waals surface area contributed by atoms with Gasteiger partial charge in [0, 0.05) is 5.02 Å². The van der Waals surface area contributed by atoms with E-state index in [4.69, 9.17) is 16.9 Å². The van der Waals surface area contributed by atoms with Gasteiger partial charge in [-0.25, -0.2) is 0 Å². The van der Waals surface area contributed by atoms with Crippen molar-refractivity contribution in [2.24, 2.45) is 0 Å². The molecule has 0 N–H and O–H groups in total. The molecular formula is C10H8ClNO. The predicted octanol–water partition coefficient (Wildman–Crippen LogP) is 2.54. The van der Waals surface area contributed by atoms with Crippen molar-refractivity contribution in [3.05, 3.63) is 34.9 Å². The lowest BCUT2D eigenvalue weighted by Crippen LogP contribution is -2.06. The van der Waals surface area contributed by atoms with Gasteiger partial charge in [0.25, 0.3) is 0 Å². The molecule has 0 fully saturated rings. The highest BCUT2D eigenvalue weighted by Crippen LogP contribution is 2.24. The molecule has 0 unspecified atom stereocenters. The normalized spacial score (nSPS) is 11.8. The summed E-state index contributed by atoms with van der Waals surface area (Å²) in [5.74, 6) is -0.927. The van der Waals surface area contributed by atoms with Crippen molar-refractivity contribution in [2.45, 2.75) is 12.8 Å². The number of rotatable bonds is 2. The summed E-state index contributed by atoms with van der Waals surface area (Å²) >= 11 is 5.84. The minimum Gasteiger partial charge on any atom is -0.298 e. The molecule has 66 valence electrons. The van der Waals surface area contributed by atoms with Crippen LogP contribution in [0.3, 0.4) is 0 Å². The fourth-order valence-electron chi connectivity index (χ4n) is 1.09. The molecule has 0 saturated carbocycles. The van der Waals surface area contributed by atoms with Crippen LogP contribution in [-0.4, -0.2) is 5.78 Å². The van der Waals surface area contributed by atoms with E-state index >= 15 is 0 Å². The Kier molecular flexibility index (Phi) is 3.05. The molecule has 3 heteroatoms. The van der Waals surface area contributed by atoms with Crippen molar-refractivity contribution in [3.63, 3.8) is 0 Å². The summed E-state index contributed by atoms with van der Waals surface area (Å²) in [5.41, 5.74) is 0.583. The molecule has 1 atom stereocenters. The Morgan fingerprint density at radius 2 is 2.15 bits per heavy atom. The molecule has 1 rings (SSSR count). The van der Waals surface area contributed by atoms with Crippen LogP contribution in [-0.2, 0) is 4.79 Å². The number of nitrogens with zero attached hydrogens (tertiary/aromatic N) is 1. The smallest absolute Gasteiger partial charge is 0.151 e. The maximum atomic E-state index is 11.0. The van der Waals surface area contributed by atoms with Gasteiger partial charge in [-0.15, -0.1) is 0 Å². The second kappa shape index (κ2) is 4.06. The van der Waals surface area contributed by atoms with Crippen LogP contribution >= 0.6 is 11.6 Å². The van der Waals surface area contributed by atoms with E-state index in [-0.39, 0.29) is 5.78 Å². The van der Waals surface area contributed by atoms with Gasteiger partial charge in [0.15, 0.2) is 5.78 Å². The van der Waals surface area contributed by atoms with Crippen LogP contribution in [0.2, 0.25) is 5.02 Å². The zero-order valence-corrected chi connectivity index (χ0v) is 7.88. The number of halogens is 1. The number of hydrogen-bond acceptors (Lipinski definition) is 2. The van der Waals surface area contributed by atoms with E-state index in [0.717, 1.165) is 0 Å². The second-order valence-electron chi connectivity index (χ2n) is 2.69. The van der Waals surface area contributed by atoms with Gasteiger partial charge in [0.1, 0.15) is 5.92 Å². The maximum absolute atomic E-state index is 11.0. The highest BCUT2D eigenvalue weighted by Gasteiger charge is 2.17. The first-order valence-electron chi connectivity index (χ1n) is 3.81. The Morgan fingerprint density at radius 1 is 1.54 bits per heavy atom. The van der Waals surface area contributed by atoms with Gasteiger partial charge in [-0.2, -0.15) is 5.26 Å². The molecule has 0 radical (unpaired) electrons. The van der Waals surface area contributed by atoms with E-state index in [9.17, 15) is 4.79 Å². The molecule has 1 aromatic carbocycles. The van der Waals surface area contributed by atoms with Crippen molar-refractivity contribution in [2.75, 3.05) is 0 Å². The minimum atomic E-state index is -0.742. The summed E-state index contributed by atoms with van der Waals surface area (Å²) in [7, 11) is 0. The Labute approximate surface area is 81.7 Å². The number of carbonyl (C=O) groups is 1. The van der Waals surface area contributed by atoms with Crippen molar-refractivity contribution < 1.29 is 4.79 Å². The number of benzene rings is 1. The summed E-state index contributed by atoms with van der Waals surface area (Å²) in [6.45, 7) is 1.39. The average molecular weight is 194 g/mol. The quantitative estimate of drug-likeness (QED) is 0.724. The number of carbonyl (C=O) groups excluding carboxylic acids is 1. The van der Waals surface area contributed by atoms with Crippen LogP contribution in [0.1, 0.15) is 18.4 Å². The van der Waals surface area contributed by atoms with Crippen molar-refractivity contribution >= 4 is 17.4 Å². The van der Waals surface area contributed by atoms with Gasteiger partial charge in [0.05, 0.1) is 6.07 Å². The highest BCUT2D eigenvalue weighted by atomic mass is 35.5. The van der Waals surface area contributed by atoms with E-state index in [0.29, 0.717) is 10.6 Å². The number of Topliss-reactive ketones (excluding diaryl/α,β-unsaturated/α-hetero) is 1. The first kappa shape index (κ1) is 9.76. The Balaban J connectivity index is 3.14. The van der Waals surface area contributed by atoms with Crippen molar-refractivity contribution in [3.8, 4) is 6.07 Å². The molecule has 2 nitrogen and oxygen atoms in total. The van der Waals surface area contributed by atoms with Crippen molar-refractivity contribution in [1.29, 1.82) is 5.26 Å². The van der Waals surface area contributed by atoms with E-state index in [1.54, 1.807) is 24.3 Å². The maximum Gasteiger partial charge on any atom is 0.151 e. The van der Waals surface area contributed by atoms with Crippen LogP contribution in [0.15, 0.2) is 24.3 Å². The van der Waals surface area contributed by atoms with Gasteiger partial charge >= 0.3 is 0 Å². The average Bonchev–Trinajstić information content (AvgIpc) is 2.09. The van der Waals surface area contributed by atoms with Crippen LogP contribution < -0.4 is 0 Å². The van der Waals surface area contributed by atoms with Crippen molar-refractivity contribution in [1.82, 2.24) is 0 Å². The van der Waals surface area contributed by atoms with E-state index < -0.39 is 5.92 Å². The van der Waals surface area contributed by atoms with Gasteiger partial charge in [-0.3, -0.25) is 4.79 Å². The molecule has 0 aromatic heterocycles. The first-order chi connectivity index (χ1) is 6.16. The third-order valence-electron chi connectivity index (χ3n) is 1.75. The van der Waals surface area contributed by atoms with E-state index in [1.165, 1.54) is 6.92 Å². The standard InChI is InChI=1S/C10H8ClNO/c1-7(13)9(6-12)8-4-2-3-5-10(8)11/h2-5,9H,1H3/t9-/m0/s1. The summed E-state index contributed by atoms with van der Waals surface area (Å²) in [6.07, 6.45) is 0. The molecule has 1 aromatic rings. The van der Waals surface area contributed by atoms with Crippen LogP contribution in [0, 0.1) is 11.3 Å². The zero-order chi connectivity index (χ0) is 9.84. The fraction of sp³-hybridized carbons (Fsp3) is 0.200. The Hall–Kier alpha value is -1.33. The second-order valence-corrected chi connectivity index (χ2v) is 3.10. The summed E-state index contributed by atoms with van der Waals surface area (Å²) in [5, 5.41) is 9.21. The number of nitriles is 1. The molecular weight excluding hydrogens is 186 g/mol. The fourth-order valence-corrected chi connectivity index (χ4v) is 1.33. The number of hydrogen-bond donors (Lipinski definition) is 0. The minimum absolute atomic E-state index is 0.185. The zero-order valence-electron chi connectivity index (χ0n) is 7.12. The van der Waals surface area contributed by atoms with Gasteiger partial charge in [-0.1, -0.05) is 29.8 Å². The molecule has 0 heterocycles. The third kappa shape index (κ3) is 2.07. The third-order valence-corrected chi connectivity index (χ3v) is 2.10. The van der Waals surface area contributed by atoms with E-state index in [1.807, 2.05) is 6.07 Å². The molecule has 0 saturated heterocycles. The molecule has 13 heavy (non-hydrogen) atoms. The highest BCUT2D eigenvalue weighted by molar-refractivity contribution is 6.31. The first-order valence-corrected chi connectivity index (χ1v) is 4.19. The SMILES string of the molecule is CC(=O)[C@H](C#N)c1ccccc1Cl. The van der Waals surface area contributed by atoms with Gasteiger partial charge in [-0.05, 0) is 18.6 Å². The molecule has 0 aliphatic heterocycles. The lowest BCUT2D eigenvalue weighted by molar-refractivity contribution is -0.117. The van der Waals surface area contributed by atoms with Crippen LogP contribution in [0.25, 0.3) is 0 Å². The van der Waals surface area contributed by atoms with Crippen LogP contribution in [0.4, 0.5) is 0 Å². The monoisotopic (exact) mass is 193 g/mol. The molecule has 0 bridgehead atoms. The van der Waals surface area contributed by atoms with Crippen LogP contribution in [0.5, 0.6) is 0 Å². The molecule has 0 aliphatic carbocycles. The molecule has 0 spiro atoms. The summed E-state index contributed by atoms with van der Waals surface area (Å²) in [4.78, 5) is 11.0. The lowest BCUT2D eigenvalue weighted by Gasteiger charge is -2.06. The van der Waals surface area contributed by atoms with Gasteiger partial charge < -0.3 is 0 Å². The lowest BCUT2D eigenvalue weighted by atomic mass is 9.97.